The molecule has 0 amide bonds. The molecular formula is C18H23NO2. The highest BCUT2D eigenvalue weighted by atomic mass is 16.3. The van der Waals surface area contributed by atoms with Crippen LogP contribution in [-0.4, -0.2) is 23.3 Å². The van der Waals surface area contributed by atoms with E-state index >= 15 is 0 Å². The van der Waals surface area contributed by atoms with Gasteiger partial charge in [0.15, 0.2) is 11.5 Å². The van der Waals surface area contributed by atoms with Crippen molar-refractivity contribution < 1.29 is 10.2 Å². The molecule has 0 aliphatic heterocycles. The second kappa shape index (κ2) is 7.70. The van der Waals surface area contributed by atoms with Crippen molar-refractivity contribution in [3.8, 4) is 11.5 Å². The minimum absolute atomic E-state index is 0.0515. The zero-order chi connectivity index (χ0) is 15.1. The normalized spacial score (nSPS) is 10.7. The predicted octanol–water partition coefficient (Wildman–Crippen LogP) is 3.04. The standard InChI is InChI=1S/C18H23NO2/c1-2-15-5-3-4-6-16(15)10-12-19-11-9-14-7-8-17(20)18(21)13-14/h3-8,13,19-21H,2,9-12H2,1H3. The quantitative estimate of drug-likeness (QED) is 0.541. The largest absolute Gasteiger partial charge is 0.504 e. The van der Waals surface area contributed by atoms with Gasteiger partial charge in [-0.1, -0.05) is 37.3 Å². The van der Waals surface area contributed by atoms with Crippen LogP contribution in [0, 0.1) is 0 Å². The molecule has 0 unspecified atom stereocenters. The summed E-state index contributed by atoms with van der Waals surface area (Å²) in [6.45, 7) is 3.99. The molecule has 0 aliphatic carbocycles. The molecule has 0 spiro atoms. The van der Waals surface area contributed by atoms with E-state index in [1.807, 2.05) is 6.07 Å². The van der Waals surface area contributed by atoms with E-state index in [-0.39, 0.29) is 11.5 Å². The molecule has 0 saturated carbocycles. The smallest absolute Gasteiger partial charge is 0.157 e. The summed E-state index contributed by atoms with van der Waals surface area (Å²) in [5, 5.41) is 22.1. The van der Waals surface area contributed by atoms with Gasteiger partial charge in [0.2, 0.25) is 0 Å². The third kappa shape index (κ3) is 4.50. The van der Waals surface area contributed by atoms with Crippen LogP contribution in [0.5, 0.6) is 11.5 Å². The molecule has 0 saturated heterocycles. The fraction of sp³-hybridized carbons (Fsp3) is 0.333. The summed E-state index contributed by atoms with van der Waals surface area (Å²) in [4.78, 5) is 0. The lowest BCUT2D eigenvalue weighted by Crippen LogP contribution is -2.20. The first-order valence-corrected chi connectivity index (χ1v) is 7.49. The van der Waals surface area contributed by atoms with Crippen molar-refractivity contribution in [1.29, 1.82) is 0 Å². The number of hydrogen-bond acceptors (Lipinski definition) is 3. The van der Waals surface area contributed by atoms with Crippen molar-refractivity contribution in [1.82, 2.24) is 5.32 Å². The second-order valence-corrected chi connectivity index (χ2v) is 5.20. The number of rotatable bonds is 7. The summed E-state index contributed by atoms with van der Waals surface area (Å²) in [6, 6.07) is 13.5. The van der Waals surface area contributed by atoms with Gasteiger partial charge in [-0.15, -0.1) is 0 Å². The Kier molecular flexibility index (Phi) is 5.64. The monoisotopic (exact) mass is 285 g/mol. The van der Waals surface area contributed by atoms with Gasteiger partial charge in [0.05, 0.1) is 0 Å². The Morgan fingerprint density at radius 3 is 2.29 bits per heavy atom. The van der Waals surface area contributed by atoms with Crippen LogP contribution in [0.4, 0.5) is 0 Å². The summed E-state index contributed by atoms with van der Waals surface area (Å²) in [5.41, 5.74) is 3.85. The summed E-state index contributed by atoms with van der Waals surface area (Å²) < 4.78 is 0. The molecule has 3 heteroatoms. The van der Waals surface area contributed by atoms with E-state index < -0.39 is 0 Å². The first kappa shape index (κ1) is 15.4. The van der Waals surface area contributed by atoms with E-state index in [0.717, 1.165) is 37.9 Å². The van der Waals surface area contributed by atoms with Crippen LogP contribution in [0.15, 0.2) is 42.5 Å². The van der Waals surface area contributed by atoms with Crippen molar-refractivity contribution in [3.63, 3.8) is 0 Å². The molecular weight excluding hydrogens is 262 g/mol. The second-order valence-electron chi connectivity index (χ2n) is 5.20. The molecule has 0 aromatic heterocycles. The van der Waals surface area contributed by atoms with Crippen LogP contribution >= 0.6 is 0 Å². The average Bonchev–Trinajstić information content (AvgIpc) is 2.51. The fourth-order valence-electron chi connectivity index (χ4n) is 2.45. The van der Waals surface area contributed by atoms with E-state index in [0.29, 0.717) is 0 Å². The zero-order valence-electron chi connectivity index (χ0n) is 12.5. The summed E-state index contributed by atoms with van der Waals surface area (Å²) in [5.74, 6) is -0.118. The Morgan fingerprint density at radius 1 is 0.857 bits per heavy atom. The summed E-state index contributed by atoms with van der Waals surface area (Å²) >= 11 is 0. The number of phenols is 2. The first-order valence-electron chi connectivity index (χ1n) is 7.49. The van der Waals surface area contributed by atoms with Crippen LogP contribution in [0.3, 0.4) is 0 Å². The molecule has 0 atom stereocenters. The van der Waals surface area contributed by atoms with Crippen molar-refractivity contribution in [2.24, 2.45) is 0 Å². The highest BCUT2D eigenvalue weighted by Gasteiger charge is 2.01. The Labute approximate surface area is 126 Å². The maximum atomic E-state index is 9.44. The predicted molar refractivity (Wildman–Crippen MR) is 85.9 cm³/mol. The Balaban J connectivity index is 1.73. The minimum Gasteiger partial charge on any atom is -0.504 e. The first-order chi connectivity index (χ1) is 10.2. The van der Waals surface area contributed by atoms with Gasteiger partial charge < -0.3 is 15.5 Å². The van der Waals surface area contributed by atoms with Gasteiger partial charge in [-0.05, 0) is 61.2 Å². The molecule has 0 radical (unpaired) electrons. The summed E-state index contributed by atoms with van der Waals surface area (Å²) in [6.07, 6.45) is 2.94. The topological polar surface area (TPSA) is 52.5 Å². The van der Waals surface area contributed by atoms with Gasteiger partial charge >= 0.3 is 0 Å². The molecule has 0 aliphatic rings. The molecule has 3 nitrogen and oxygen atoms in total. The molecule has 21 heavy (non-hydrogen) atoms. The van der Waals surface area contributed by atoms with Crippen molar-refractivity contribution in [3.05, 3.63) is 59.2 Å². The number of phenolic OH excluding ortho intramolecular Hbond substituents is 2. The van der Waals surface area contributed by atoms with Gasteiger partial charge in [-0.25, -0.2) is 0 Å². The molecule has 2 aromatic carbocycles. The lowest BCUT2D eigenvalue weighted by atomic mass is 10.0. The number of benzene rings is 2. The van der Waals surface area contributed by atoms with Gasteiger partial charge in [-0.2, -0.15) is 0 Å². The molecule has 3 N–H and O–H groups in total. The van der Waals surface area contributed by atoms with Gasteiger partial charge in [-0.3, -0.25) is 0 Å². The number of nitrogens with one attached hydrogen (secondary N) is 1. The van der Waals surface area contributed by atoms with E-state index in [4.69, 9.17) is 0 Å². The molecule has 112 valence electrons. The molecule has 0 heterocycles. The lowest BCUT2D eigenvalue weighted by Gasteiger charge is -2.09. The van der Waals surface area contributed by atoms with Crippen LogP contribution in [0.2, 0.25) is 0 Å². The molecule has 0 fully saturated rings. The van der Waals surface area contributed by atoms with Crippen molar-refractivity contribution in [2.75, 3.05) is 13.1 Å². The molecule has 2 aromatic rings. The van der Waals surface area contributed by atoms with Gasteiger partial charge in [0.1, 0.15) is 0 Å². The number of aryl methyl sites for hydroxylation is 1. The summed E-state index contributed by atoms with van der Waals surface area (Å²) in [7, 11) is 0. The van der Waals surface area contributed by atoms with E-state index in [9.17, 15) is 10.2 Å². The Bertz CT molecular complexity index is 581. The van der Waals surface area contributed by atoms with Gasteiger partial charge in [0.25, 0.3) is 0 Å². The number of aromatic hydroxyl groups is 2. The number of hydrogen-bond donors (Lipinski definition) is 3. The fourth-order valence-corrected chi connectivity index (χ4v) is 2.45. The Hall–Kier alpha value is -2.00. The van der Waals surface area contributed by atoms with Crippen LogP contribution in [0.1, 0.15) is 23.6 Å². The lowest BCUT2D eigenvalue weighted by molar-refractivity contribution is 0.403. The zero-order valence-corrected chi connectivity index (χ0v) is 12.5. The SMILES string of the molecule is CCc1ccccc1CCNCCc1ccc(O)c(O)c1. The van der Waals surface area contributed by atoms with Crippen molar-refractivity contribution in [2.45, 2.75) is 26.2 Å². The third-order valence-corrected chi connectivity index (χ3v) is 3.70. The molecule has 0 bridgehead atoms. The van der Waals surface area contributed by atoms with E-state index in [2.05, 4.69) is 36.5 Å². The average molecular weight is 285 g/mol. The maximum Gasteiger partial charge on any atom is 0.157 e. The van der Waals surface area contributed by atoms with Crippen LogP contribution in [-0.2, 0) is 19.3 Å². The van der Waals surface area contributed by atoms with Crippen molar-refractivity contribution >= 4 is 0 Å². The van der Waals surface area contributed by atoms with Crippen LogP contribution < -0.4 is 5.32 Å². The Morgan fingerprint density at radius 2 is 1.57 bits per heavy atom. The highest BCUT2D eigenvalue weighted by Crippen LogP contribution is 2.24. The van der Waals surface area contributed by atoms with E-state index in [1.165, 1.54) is 17.2 Å². The third-order valence-electron chi connectivity index (χ3n) is 3.70. The van der Waals surface area contributed by atoms with E-state index in [1.54, 1.807) is 6.07 Å². The molecule has 2 rings (SSSR count). The highest BCUT2D eigenvalue weighted by molar-refractivity contribution is 5.40. The van der Waals surface area contributed by atoms with Crippen LogP contribution in [0.25, 0.3) is 0 Å². The minimum atomic E-state index is -0.0668. The van der Waals surface area contributed by atoms with Gasteiger partial charge in [0, 0.05) is 0 Å². The maximum absolute atomic E-state index is 9.44.